The predicted molar refractivity (Wildman–Crippen MR) is 84.9 cm³/mol. The minimum absolute atomic E-state index is 0.0415. The Morgan fingerprint density at radius 2 is 1.86 bits per heavy atom. The van der Waals surface area contributed by atoms with Crippen molar-refractivity contribution in [3.8, 4) is 0 Å². The summed E-state index contributed by atoms with van der Waals surface area (Å²) in [6, 6.07) is 14.7. The molecule has 2 aromatic rings. The van der Waals surface area contributed by atoms with Crippen LogP contribution in [-0.4, -0.2) is 5.91 Å². The number of rotatable bonds is 5. The van der Waals surface area contributed by atoms with Crippen molar-refractivity contribution in [3.05, 3.63) is 71.0 Å². The van der Waals surface area contributed by atoms with E-state index in [0.29, 0.717) is 11.5 Å². The van der Waals surface area contributed by atoms with Crippen LogP contribution in [0.1, 0.15) is 35.6 Å². The van der Waals surface area contributed by atoms with Gasteiger partial charge in [0.05, 0.1) is 12.5 Å². The average molecular weight is 297 g/mol. The van der Waals surface area contributed by atoms with Crippen LogP contribution in [0.15, 0.2) is 48.5 Å². The summed E-state index contributed by atoms with van der Waals surface area (Å²) in [7, 11) is 0. The summed E-state index contributed by atoms with van der Waals surface area (Å²) in [5, 5.41) is 3.08. The highest BCUT2D eigenvalue weighted by Crippen LogP contribution is 2.41. The van der Waals surface area contributed by atoms with Crippen LogP contribution in [0.4, 0.5) is 4.39 Å². The number of benzene rings is 2. The molecule has 1 atom stereocenters. The molecule has 2 aromatic carbocycles. The second-order valence-electron chi connectivity index (χ2n) is 6.06. The Morgan fingerprint density at radius 1 is 1.18 bits per heavy atom. The van der Waals surface area contributed by atoms with Crippen molar-refractivity contribution in [1.29, 1.82) is 0 Å². The molecule has 0 aromatic heterocycles. The van der Waals surface area contributed by atoms with Gasteiger partial charge in [-0.05, 0) is 42.9 Å². The first-order chi connectivity index (χ1) is 10.6. The van der Waals surface area contributed by atoms with Crippen LogP contribution >= 0.6 is 0 Å². The zero-order chi connectivity index (χ0) is 15.5. The standard InChI is InChI=1S/C19H20FNO/c1-13-6-8-14(9-7-13)19(15-10-11-15)21-18(22)12-16-4-2-3-5-17(16)20/h2-9,15,19H,10-12H2,1H3,(H,21,22). The van der Waals surface area contributed by atoms with Crippen LogP contribution < -0.4 is 5.32 Å². The van der Waals surface area contributed by atoms with E-state index < -0.39 is 0 Å². The Bertz CT molecular complexity index is 661. The molecule has 0 aliphatic heterocycles. The number of amides is 1. The molecular formula is C19H20FNO. The smallest absolute Gasteiger partial charge is 0.225 e. The van der Waals surface area contributed by atoms with Crippen molar-refractivity contribution in [2.75, 3.05) is 0 Å². The maximum Gasteiger partial charge on any atom is 0.225 e. The van der Waals surface area contributed by atoms with E-state index in [2.05, 4.69) is 29.6 Å². The summed E-state index contributed by atoms with van der Waals surface area (Å²) < 4.78 is 13.6. The highest BCUT2D eigenvalue weighted by Gasteiger charge is 2.33. The number of nitrogens with one attached hydrogen (secondary N) is 1. The van der Waals surface area contributed by atoms with Gasteiger partial charge in [0, 0.05) is 0 Å². The topological polar surface area (TPSA) is 29.1 Å². The lowest BCUT2D eigenvalue weighted by Crippen LogP contribution is -2.31. The van der Waals surface area contributed by atoms with Crippen molar-refractivity contribution >= 4 is 5.91 Å². The van der Waals surface area contributed by atoms with Crippen LogP contribution in [0.3, 0.4) is 0 Å². The highest BCUT2D eigenvalue weighted by atomic mass is 19.1. The van der Waals surface area contributed by atoms with E-state index in [0.717, 1.165) is 18.4 Å². The molecule has 0 radical (unpaired) electrons. The van der Waals surface area contributed by atoms with E-state index in [1.807, 2.05) is 6.92 Å². The second kappa shape index (κ2) is 6.30. The van der Waals surface area contributed by atoms with Crippen molar-refractivity contribution in [2.24, 2.45) is 5.92 Å². The van der Waals surface area contributed by atoms with Crippen LogP contribution in [0, 0.1) is 18.7 Å². The van der Waals surface area contributed by atoms with Gasteiger partial charge in [0.25, 0.3) is 0 Å². The fourth-order valence-corrected chi connectivity index (χ4v) is 2.72. The molecule has 0 spiro atoms. The minimum Gasteiger partial charge on any atom is -0.349 e. The van der Waals surface area contributed by atoms with Crippen molar-refractivity contribution < 1.29 is 9.18 Å². The fraction of sp³-hybridized carbons (Fsp3) is 0.316. The maximum atomic E-state index is 13.6. The molecule has 1 aliphatic carbocycles. The summed E-state index contributed by atoms with van der Waals surface area (Å²) in [5.41, 5.74) is 2.78. The van der Waals surface area contributed by atoms with Crippen LogP contribution in [0.5, 0.6) is 0 Å². The summed E-state index contributed by atoms with van der Waals surface area (Å²) in [6.45, 7) is 2.05. The fourth-order valence-electron chi connectivity index (χ4n) is 2.72. The van der Waals surface area contributed by atoms with Crippen LogP contribution in [0.2, 0.25) is 0 Å². The predicted octanol–water partition coefficient (Wildman–Crippen LogP) is 3.94. The Balaban J connectivity index is 1.70. The lowest BCUT2D eigenvalue weighted by molar-refractivity contribution is -0.121. The van der Waals surface area contributed by atoms with E-state index in [4.69, 9.17) is 0 Å². The number of halogens is 1. The molecule has 22 heavy (non-hydrogen) atoms. The maximum absolute atomic E-state index is 13.6. The molecule has 114 valence electrons. The minimum atomic E-state index is -0.323. The number of hydrogen-bond donors (Lipinski definition) is 1. The largest absolute Gasteiger partial charge is 0.349 e. The molecule has 1 fully saturated rings. The Hall–Kier alpha value is -2.16. The van der Waals surface area contributed by atoms with E-state index in [-0.39, 0.29) is 24.2 Å². The molecule has 1 aliphatic rings. The van der Waals surface area contributed by atoms with Gasteiger partial charge >= 0.3 is 0 Å². The van der Waals surface area contributed by atoms with Crippen molar-refractivity contribution in [2.45, 2.75) is 32.2 Å². The zero-order valence-corrected chi connectivity index (χ0v) is 12.7. The van der Waals surface area contributed by atoms with E-state index in [1.54, 1.807) is 18.2 Å². The monoisotopic (exact) mass is 297 g/mol. The Kier molecular flexibility index (Phi) is 4.23. The Labute approximate surface area is 130 Å². The normalized spacial score (nSPS) is 15.4. The van der Waals surface area contributed by atoms with Crippen LogP contribution in [-0.2, 0) is 11.2 Å². The van der Waals surface area contributed by atoms with Gasteiger partial charge in [0.2, 0.25) is 5.91 Å². The van der Waals surface area contributed by atoms with Gasteiger partial charge in [0.1, 0.15) is 5.82 Å². The highest BCUT2D eigenvalue weighted by molar-refractivity contribution is 5.79. The molecule has 0 heterocycles. The number of carbonyl (C=O) groups is 1. The molecule has 3 rings (SSSR count). The third-order valence-corrected chi connectivity index (χ3v) is 4.16. The van der Waals surface area contributed by atoms with Gasteiger partial charge in [-0.25, -0.2) is 4.39 Å². The molecule has 1 amide bonds. The number of aryl methyl sites for hydroxylation is 1. The van der Waals surface area contributed by atoms with Gasteiger partial charge in [-0.2, -0.15) is 0 Å². The lowest BCUT2D eigenvalue weighted by Gasteiger charge is -2.19. The van der Waals surface area contributed by atoms with Crippen LogP contribution in [0.25, 0.3) is 0 Å². The lowest BCUT2D eigenvalue weighted by atomic mass is 10.0. The average Bonchev–Trinajstić information content (AvgIpc) is 3.33. The number of carbonyl (C=O) groups excluding carboxylic acids is 1. The van der Waals surface area contributed by atoms with Crippen molar-refractivity contribution in [1.82, 2.24) is 5.32 Å². The third-order valence-electron chi connectivity index (χ3n) is 4.16. The SMILES string of the molecule is Cc1ccc(C(NC(=O)Cc2ccccc2F)C2CC2)cc1. The van der Waals surface area contributed by atoms with E-state index in [1.165, 1.54) is 11.6 Å². The van der Waals surface area contributed by atoms with Gasteiger partial charge < -0.3 is 5.32 Å². The van der Waals surface area contributed by atoms with E-state index in [9.17, 15) is 9.18 Å². The molecule has 3 heteroatoms. The van der Waals surface area contributed by atoms with E-state index >= 15 is 0 Å². The molecule has 0 bridgehead atoms. The number of hydrogen-bond acceptors (Lipinski definition) is 1. The molecule has 1 saturated carbocycles. The zero-order valence-electron chi connectivity index (χ0n) is 12.7. The summed E-state index contributed by atoms with van der Waals surface area (Å²) >= 11 is 0. The van der Waals surface area contributed by atoms with Gasteiger partial charge in [-0.15, -0.1) is 0 Å². The van der Waals surface area contributed by atoms with Gasteiger partial charge in [-0.1, -0.05) is 48.0 Å². The molecule has 1 unspecified atom stereocenters. The first-order valence-corrected chi connectivity index (χ1v) is 7.73. The quantitative estimate of drug-likeness (QED) is 0.889. The molecular weight excluding hydrogens is 277 g/mol. The van der Waals surface area contributed by atoms with Gasteiger partial charge in [-0.3, -0.25) is 4.79 Å². The summed E-state index contributed by atoms with van der Waals surface area (Å²) in [5.74, 6) is 0.0609. The second-order valence-corrected chi connectivity index (χ2v) is 6.06. The van der Waals surface area contributed by atoms with Gasteiger partial charge in [0.15, 0.2) is 0 Å². The molecule has 0 saturated heterocycles. The van der Waals surface area contributed by atoms with Crippen molar-refractivity contribution in [3.63, 3.8) is 0 Å². The molecule has 2 nitrogen and oxygen atoms in total. The first-order valence-electron chi connectivity index (χ1n) is 7.73. The summed E-state index contributed by atoms with van der Waals surface area (Å²) in [6.07, 6.45) is 2.36. The first kappa shape index (κ1) is 14.8. The summed E-state index contributed by atoms with van der Waals surface area (Å²) in [4.78, 5) is 12.3. The molecule has 1 N–H and O–H groups in total. The Morgan fingerprint density at radius 3 is 2.50 bits per heavy atom. The third kappa shape index (κ3) is 3.53.